The molecule has 0 aliphatic heterocycles. The lowest BCUT2D eigenvalue weighted by Gasteiger charge is -2.38. The summed E-state index contributed by atoms with van der Waals surface area (Å²) in [6.45, 7) is 2.95. The molecule has 2 aliphatic rings. The standard InChI is InChI=1S/C16H30N2O/c1-2-18(14-9-5-3-6-10-14)15(19)13-16(17)11-7-4-8-12-16/h14H,2-13,17H2,1H3. The number of amides is 1. The van der Waals surface area contributed by atoms with Gasteiger partial charge in [0.1, 0.15) is 0 Å². The van der Waals surface area contributed by atoms with Crippen molar-refractivity contribution in [1.82, 2.24) is 4.90 Å². The molecule has 0 aromatic heterocycles. The Bertz CT molecular complexity index is 291. The Morgan fingerprint density at radius 2 is 1.68 bits per heavy atom. The van der Waals surface area contributed by atoms with Crippen molar-refractivity contribution in [3.63, 3.8) is 0 Å². The first-order valence-corrected chi connectivity index (χ1v) is 8.23. The van der Waals surface area contributed by atoms with Crippen LogP contribution in [-0.2, 0) is 4.79 Å². The second-order valence-corrected chi connectivity index (χ2v) is 6.57. The molecule has 2 aliphatic carbocycles. The normalized spacial score (nSPS) is 24.1. The Hall–Kier alpha value is -0.570. The van der Waals surface area contributed by atoms with Crippen molar-refractivity contribution in [2.75, 3.05) is 6.54 Å². The Labute approximate surface area is 117 Å². The molecule has 110 valence electrons. The number of nitrogens with two attached hydrogens (primary N) is 1. The van der Waals surface area contributed by atoms with Crippen molar-refractivity contribution < 1.29 is 4.79 Å². The van der Waals surface area contributed by atoms with E-state index >= 15 is 0 Å². The molecule has 1 amide bonds. The average Bonchev–Trinajstić information content (AvgIpc) is 2.41. The molecule has 0 bridgehead atoms. The molecule has 0 aromatic carbocycles. The third-order valence-electron chi connectivity index (χ3n) is 5.03. The van der Waals surface area contributed by atoms with Crippen molar-refractivity contribution in [3.8, 4) is 0 Å². The lowest BCUT2D eigenvalue weighted by atomic mass is 9.79. The van der Waals surface area contributed by atoms with Gasteiger partial charge >= 0.3 is 0 Å². The van der Waals surface area contributed by atoms with E-state index in [1.54, 1.807) is 0 Å². The third kappa shape index (κ3) is 3.95. The molecular weight excluding hydrogens is 236 g/mol. The zero-order valence-corrected chi connectivity index (χ0v) is 12.5. The van der Waals surface area contributed by atoms with E-state index in [1.807, 2.05) is 0 Å². The highest BCUT2D eigenvalue weighted by atomic mass is 16.2. The molecular formula is C16H30N2O. The predicted octanol–water partition coefficient (Wildman–Crippen LogP) is 3.22. The maximum Gasteiger partial charge on any atom is 0.224 e. The highest BCUT2D eigenvalue weighted by Crippen LogP contribution is 2.30. The smallest absolute Gasteiger partial charge is 0.224 e. The maximum atomic E-state index is 12.6. The first kappa shape index (κ1) is 14.8. The van der Waals surface area contributed by atoms with Gasteiger partial charge in [-0.3, -0.25) is 4.79 Å². The first-order valence-electron chi connectivity index (χ1n) is 8.23. The lowest BCUT2D eigenvalue weighted by Crippen LogP contribution is -2.49. The summed E-state index contributed by atoms with van der Waals surface area (Å²) in [5.41, 5.74) is 6.22. The summed E-state index contributed by atoms with van der Waals surface area (Å²) in [4.78, 5) is 14.7. The first-order chi connectivity index (χ1) is 9.14. The van der Waals surface area contributed by atoms with E-state index in [2.05, 4.69) is 11.8 Å². The van der Waals surface area contributed by atoms with Crippen LogP contribution in [0.4, 0.5) is 0 Å². The zero-order chi connectivity index (χ0) is 13.7. The van der Waals surface area contributed by atoms with Crippen LogP contribution in [0.3, 0.4) is 0 Å². The van der Waals surface area contributed by atoms with Crippen molar-refractivity contribution in [3.05, 3.63) is 0 Å². The summed E-state index contributed by atoms with van der Waals surface area (Å²) in [5.74, 6) is 0.304. The molecule has 0 unspecified atom stereocenters. The minimum atomic E-state index is -0.211. The second kappa shape index (κ2) is 6.74. The Morgan fingerprint density at radius 1 is 1.11 bits per heavy atom. The van der Waals surface area contributed by atoms with E-state index in [4.69, 9.17) is 5.73 Å². The van der Waals surface area contributed by atoms with Crippen LogP contribution in [0.1, 0.15) is 77.6 Å². The molecule has 0 saturated heterocycles. The Kier molecular flexibility index (Phi) is 5.26. The largest absolute Gasteiger partial charge is 0.340 e. The van der Waals surface area contributed by atoms with E-state index in [9.17, 15) is 4.79 Å². The van der Waals surface area contributed by atoms with Gasteiger partial charge in [-0.15, -0.1) is 0 Å². The van der Waals surface area contributed by atoms with E-state index in [0.29, 0.717) is 18.4 Å². The number of hydrogen-bond donors (Lipinski definition) is 1. The van der Waals surface area contributed by atoms with Gasteiger partial charge in [0.2, 0.25) is 5.91 Å². The predicted molar refractivity (Wildman–Crippen MR) is 78.9 cm³/mol. The van der Waals surface area contributed by atoms with Gasteiger partial charge in [-0.05, 0) is 32.6 Å². The highest BCUT2D eigenvalue weighted by Gasteiger charge is 2.33. The number of rotatable bonds is 4. The van der Waals surface area contributed by atoms with Crippen LogP contribution in [0.25, 0.3) is 0 Å². The van der Waals surface area contributed by atoms with Crippen LogP contribution < -0.4 is 5.73 Å². The molecule has 2 rings (SSSR count). The number of carbonyl (C=O) groups is 1. The lowest BCUT2D eigenvalue weighted by molar-refractivity contribution is -0.135. The van der Waals surface area contributed by atoms with Crippen LogP contribution in [0.5, 0.6) is 0 Å². The Morgan fingerprint density at radius 3 is 2.26 bits per heavy atom. The molecule has 0 aromatic rings. The molecule has 3 heteroatoms. The quantitative estimate of drug-likeness (QED) is 0.849. The van der Waals surface area contributed by atoms with E-state index in [0.717, 1.165) is 19.4 Å². The molecule has 19 heavy (non-hydrogen) atoms. The van der Waals surface area contributed by atoms with Crippen LogP contribution in [0, 0.1) is 0 Å². The minimum absolute atomic E-state index is 0.211. The van der Waals surface area contributed by atoms with Crippen LogP contribution >= 0.6 is 0 Å². The second-order valence-electron chi connectivity index (χ2n) is 6.57. The number of nitrogens with zero attached hydrogens (tertiary/aromatic N) is 1. The SMILES string of the molecule is CCN(C(=O)CC1(N)CCCCC1)C1CCCCC1. The van der Waals surface area contributed by atoms with Crippen LogP contribution in [0.15, 0.2) is 0 Å². The minimum Gasteiger partial charge on any atom is -0.340 e. The molecule has 0 radical (unpaired) electrons. The Balaban J connectivity index is 1.92. The van der Waals surface area contributed by atoms with Gasteiger partial charge in [0.05, 0.1) is 0 Å². The summed E-state index contributed by atoms with van der Waals surface area (Å²) in [6, 6.07) is 0.485. The number of hydrogen-bond acceptors (Lipinski definition) is 2. The van der Waals surface area contributed by atoms with Gasteiger partial charge in [0.15, 0.2) is 0 Å². The van der Waals surface area contributed by atoms with Crippen molar-refractivity contribution in [2.45, 2.75) is 89.1 Å². The van der Waals surface area contributed by atoms with Crippen molar-refractivity contribution in [1.29, 1.82) is 0 Å². The van der Waals surface area contributed by atoms with Crippen molar-refractivity contribution >= 4 is 5.91 Å². The van der Waals surface area contributed by atoms with Crippen LogP contribution in [-0.4, -0.2) is 28.9 Å². The van der Waals surface area contributed by atoms with Gasteiger partial charge in [0.25, 0.3) is 0 Å². The summed E-state index contributed by atoms with van der Waals surface area (Å²) >= 11 is 0. The summed E-state index contributed by atoms with van der Waals surface area (Å²) < 4.78 is 0. The fourth-order valence-corrected chi connectivity index (χ4v) is 3.87. The van der Waals surface area contributed by atoms with Crippen molar-refractivity contribution in [2.24, 2.45) is 5.73 Å². The van der Waals surface area contributed by atoms with Gasteiger partial charge in [-0.2, -0.15) is 0 Å². The molecule has 2 saturated carbocycles. The van der Waals surface area contributed by atoms with E-state index in [-0.39, 0.29) is 5.54 Å². The summed E-state index contributed by atoms with van der Waals surface area (Å²) in [5, 5.41) is 0. The zero-order valence-electron chi connectivity index (χ0n) is 12.5. The van der Waals surface area contributed by atoms with E-state index in [1.165, 1.54) is 51.4 Å². The highest BCUT2D eigenvalue weighted by molar-refractivity contribution is 5.77. The summed E-state index contributed by atoms with van der Waals surface area (Å²) in [7, 11) is 0. The average molecular weight is 266 g/mol. The maximum absolute atomic E-state index is 12.6. The monoisotopic (exact) mass is 266 g/mol. The molecule has 2 N–H and O–H groups in total. The van der Waals surface area contributed by atoms with Gasteiger partial charge in [-0.25, -0.2) is 0 Å². The third-order valence-corrected chi connectivity index (χ3v) is 5.03. The number of carbonyl (C=O) groups excluding carboxylic acids is 1. The summed E-state index contributed by atoms with van der Waals surface area (Å²) in [6.07, 6.45) is 12.6. The van der Waals surface area contributed by atoms with Gasteiger partial charge in [0, 0.05) is 24.5 Å². The molecule has 0 spiro atoms. The fraction of sp³-hybridized carbons (Fsp3) is 0.938. The molecule has 2 fully saturated rings. The molecule has 3 nitrogen and oxygen atoms in total. The molecule has 0 heterocycles. The van der Waals surface area contributed by atoms with Crippen LogP contribution in [0.2, 0.25) is 0 Å². The topological polar surface area (TPSA) is 46.3 Å². The van der Waals surface area contributed by atoms with E-state index < -0.39 is 0 Å². The van der Waals surface area contributed by atoms with Gasteiger partial charge in [-0.1, -0.05) is 38.5 Å². The fourth-order valence-electron chi connectivity index (χ4n) is 3.87. The van der Waals surface area contributed by atoms with Gasteiger partial charge < -0.3 is 10.6 Å². The molecule has 0 atom stereocenters.